The molecule has 0 radical (unpaired) electrons. The third kappa shape index (κ3) is 5.20. The Morgan fingerprint density at radius 2 is 2.10 bits per heavy atom. The Kier molecular flexibility index (Phi) is 6.12. The van der Waals surface area contributed by atoms with Crippen LogP contribution in [0.2, 0.25) is 0 Å². The Bertz CT molecular complexity index is 587. The van der Waals surface area contributed by atoms with Gasteiger partial charge in [-0.1, -0.05) is 0 Å². The predicted molar refractivity (Wildman–Crippen MR) is 78.9 cm³/mol. The van der Waals surface area contributed by atoms with Crippen LogP contribution in [0.25, 0.3) is 0 Å². The quantitative estimate of drug-likeness (QED) is 0.742. The number of carbonyl (C=O) groups is 1. The second-order valence-electron chi connectivity index (χ2n) is 4.36. The summed E-state index contributed by atoms with van der Waals surface area (Å²) in [5.41, 5.74) is 0.209. The van der Waals surface area contributed by atoms with E-state index < -0.39 is 15.9 Å². The van der Waals surface area contributed by atoms with Gasteiger partial charge in [-0.15, -0.1) is 0 Å². The fraction of sp³-hybridized carbons (Fsp3) is 0.417. The molecule has 8 heteroatoms. The number of sulfonamides is 1. The Morgan fingerprint density at radius 3 is 2.65 bits per heavy atom. The Morgan fingerprint density at radius 1 is 1.45 bits per heavy atom. The van der Waals surface area contributed by atoms with E-state index in [9.17, 15) is 13.2 Å². The number of amides is 1. The summed E-state index contributed by atoms with van der Waals surface area (Å²) < 4.78 is 28.3. The van der Waals surface area contributed by atoms with Crippen molar-refractivity contribution >= 4 is 31.9 Å². The van der Waals surface area contributed by atoms with Crippen LogP contribution in [0, 0.1) is 0 Å². The summed E-state index contributed by atoms with van der Waals surface area (Å²) >= 11 is 3.20. The van der Waals surface area contributed by atoms with Crippen LogP contribution < -0.4 is 10.5 Å². The minimum Gasteiger partial charge on any atom is -0.377 e. The van der Waals surface area contributed by atoms with Crippen LogP contribution in [-0.4, -0.2) is 33.6 Å². The largest absolute Gasteiger partial charge is 0.377 e. The van der Waals surface area contributed by atoms with Crippen LogP contribution in [-0.2, 0) is 14.8 Å². The number of halogens is 1. The van der Waals surface area contributed by atoms with Crippen molar-refractivity contribution in [2.75, 3.05) is 13.2 Å². The molecule has 0 atom stereocenters. The highest BCUT2D eigenvalue weighted by Crippen LogP contribution is 2.20. The van der Waals surface area contributed by atoms with Crippen LogP contribution in [0.5, 0.6) is 0 Å². The molecule has 0 fully saturated rings. The van der Waals surface area contributed by atoms with Gasteiger partial charge in [-0.05, 0) is 48.0 Å². The number of hydrogen-bond donors (Lipinski definition) is 2. The normalized spacial score (nSPS) is 11.7. The van der Waals surface area contributed by atoms with E-state index in [-0.39, 0.29) is 16.6 Å². The molecule has 0 unspecified atom stereocenters. The average Bonchev–Trinajstić information content (AvgIpc) is 2.33. The fourth-order valence-electron chi connectivity index (χ4n) is 1.41. The molecule has 0 aliphatic heterocycles. The standard InChI is InChI=1S/C12H17BrN2O4S/c1-8(2)19-6-5-15-12(16)10-7-9(20(14,17)18)3-4-11(10)13/h3-4,7-8H,5-6H2,1-2H3,(H,15,16)(H2,14,17,18). The zero-order valence-electron chi connectivity index (χ0n) is 11.2. The number of benzene rings is 1. The van der Waals surface area contributed by atoms with Gasteiger partial charge in [0.1, 0.15) is 0 Å². The molecule has 0 aromatic heterocycles. The van der Waals surface area contributed by atoms with E-state index in [2.05, 4.69) is 21.2 Å². The van der Waals surface area contributed by atoms with Gasteiger partial charge in [-0.2, -0.15) is 0 Å². The molecule has 0 spiro atoms. The summed E-state index contributed by atoms with van der Waals surface area (Å²) in [6.45, 7) is 4.51. The predicted octanol–water partition coefficient (Wildman–Crippen LogP) is 1.25. The van der Waals surface area contributed by atoms with Crippen molar-refractivity contribution in [1.82, 2.24) is 5.32 Å². The minimum atomic E-state index is -3.84. The van der Waals surface area contributed by atoms with Gasteiger partial charge in [0.15, 0.2) is 0 Å². The van der Waals surface area contributed by atoms with E-state index in [1.165, 1.54) is 18.2 Å². The number of rotatable bonds is 6. The molecule has 0 heterocycles. The first-order valence-corrected chi connectivity index (χ1v) is 8.28. The molecule has 0 saturated heterocycles. The molecule has 20 heavy (non-hydrogen) atoms. The summed E-state index contributed by atoms with van der Waals surface area (Å²) in [6, 6.07) is 4.04. The lowest BCUT2D eigenvalue weighted by Crippen LogP contribution is -2.28. The first-order valence-electron chi connectivity index (χ1n) is 5.94. The molecule has 0 saturated carbocycles. The van der Waals surface area contributed by atoms with Crippen molar-refractivity contribution < 1.29 is 17.9 Å². The maximum atomic E-state index is 12.0. The van der Waals surface area contributed by atoms with Crippen molar-refractivity contribution in [1.29, 1.82) is 0 Å². The van der Waals surface area contributed by atoms with Gasteiger partial charge < -0.3 is 10.1 Å². The summed E-state index contributed by atoms with van der Waals surface area (Å²) in [6.07, 6.45) is 0.0874. The molecular formula is C12H17BrN2O4S. The highest BCUT2D eigenvalue weighted by Gasteiger charge is 2.15. The molecule has 3 N–H and O–H groups in total. The SMILES string of the molecule is CC(C)OCCNC(=O)c1cc(S(N)(=O)=O)ccc1Br. The van der Waals surface area contributed by atoms with E-state index in [1.54, 1.807) is 0 Å². The van der Waals surface area contributed by atoms with E-state index in [4.69, 9.17) is 9.88 Å². The third-order valence-electron chi connectivity index (χ3n) is 2.35. The van der Waals surface area contributed by atoms with Gasteiger partial charge in [0, 0.05) is 11.0 Å². The van der Waals surface area contributed by atoms with Crippen LogP contribution >= 0.6 is 15.9 Å². The lowest BCUT2D eigenvalue weighted by molar-refractivity contribution is 0.0746. The molecule has 1 rings (SSSR count). The average molecular weight is 365 g/mol. The highest BCUT2D eigenvalue weighted by atomic mass is 79.9. The maximum absolute atomic E-state index is 12.0. The number of hydrogen-bond acceptors (Lipinski definition) is 4. The zero-order chi connectivity index (χ0) is 15.3. The Labute approximate surface area is 126 Å². The van der Waals surface area contributed by atoms with Crippen molar-refractivity contribution in [3.63, 3.8) is 0 Å². The van der Waals surface area contributed by atoms with Crippen LogP contribution in [0.1, 0.15) is 24.2 Å². The number of nitrogens with two attached hydrogens (primary N) is 1. The lowest BCUT2D eigenvalue weighted by Gasteiger charge is -2.10. The highest BCUT2D eigenvalue weighted by molar-refractivity contribution is 9.10. The monoisotopic (exact) mass is 364 g/mol. The second-order valence-corrected chi connectivity index (χ2v) is 6.78. The second kappa shape index (κ2) is 7.16. The molecule has 1 amide bonds. The van der Waals surface area contributed by atoms with Crippen molar-refractivity contribution in [2.24, 2.45) is 5.14 Å². The molecule has 1 aromatic rings. The fourth-order valence-corrected chi connectivity index (χ4v) is 2.38. The molecule has 0 aliphatic rings. The summed E-state index contributed by atoms with van der Waals surface area (Å²) in [5, 5.41) is 7.68. The lowest BCUT2D eigenvalue weighted by atomic mass is 10.2. The van der Waals surface area contributed by atoms with Crippen molar-refractivity contribution in [3.05, 3.63) is 28.2 Å². The van der Waals surface area contributed by atoms with Gasteiger partial charge in [0.2, 0.25) is 10.0 Å². The Hall–Kier alpha value is -0.960. The van der Waals surface area contributed by atoms with Gasteiger partial charge in [-0.25, -0.2) is 13.6 Å². The minimum absolute atomic E-state index is 0.0874. The van der Waals surface area contributed by atoms with Gasteiger partial charge in [0.05, 0.1) is 23.2 Å². The number of carbonyl (C=O) groups excluding carboxylic acids is 1. The van der Waals surface area contributed by atoms with E-state index in [1.807, 2.05) is 13.8 Å². The first-order chi connectivity index (χ1) is 9.21. The smallest absolute Gasteiger partial charge is 0.252 e. The topological polar surface area (TPSA) is 98.5 Å². The zero-order valence-corrected chi connectivity index (χ0v) is 13.6. The number of primary sulfonamides is 1. The van der Waals surface area contributed by atoms with Crippen molar-refractivity contribution in [3.8, 4) is 0 Å². The molecule has 6 nitrogen and oxygen atoms in total. The summed E-state index contributed by atoms with van der Waals surface area (Å²) in [7, 11) is -3.84. The summed E-state index contributed by atoms with van der Waals surface area (Å²) in [5.74, 6) is -0.394. The number of nitrogens with one attached hydrogen (secondary N) is 1. The molecule has 112 valence electrons. The van der Waals surface area contributed by atoms with Crippen LogP contribution in [0.4, 0.5) is 0 Å². The molecular weight excluding hydrogens is 348 g/mol. The van der Waals surface area contributed by atoms with Gasteiger partial charge >= 0.3 is 0 Å². The molecule has 1 aromatic carbocycles. The van der Waals surface area contributed by atoms with Crippen LogP contribution in [0.3, 0.4) is 0 Å². The third-order valence-corrected chi connectivity index (χ3v) is 3.95. The summed E-state index contributed by atoms with van der Waals surface area (Å²) in [4.78, 5) is 11.8. The van der Waals surface area contributed by atoms with Gasteiger partial charge in [0.25, 0.3) is 5.91 Å². The molecule has 0 bridgehead atoms. The van der Waals surface area contributed by atoms with Gasteiger partial charge in [-0.3, -0.25) is 4.79 Å². The van der Waals surface area contributed by atoms with E-state index in [0.29, 0.717) is 17.6 Å². The first kappa shape index (κ1) is 17.1. The molecule has 0 aliphatic carbocycles. The van der Waals surface area contributed by atoms with Crippen LogP contribution in [0.15, 0.2) is 27.6 Å². The van der Waals surface area contributed by atoms with E-state index in [0.717, 1.165) is 0 Å². The van der Waals surface area contributed by atoms with E-state index >= 15 is 0 Å². The van der Waals surface area contributed by atoms with Crippen molar-refractivity contribution in [2.45, 2.75) is 24.8 Å². The number of ether oxygens (including phenoxy) is 1. The maximum Gasteiger partial charge on any atom is 0.252 e. The Balaban J connectivity index is 2.77.